The smallest absolute Gasteiger partial charge is 0.269 e. The summed E-state index contributed by atoms with van der Waals surface area (Å²) in [5.41, 5.74) is 5.61. The maximum absolute atomic E-state index is 10.6. The zero-order chi connectivity index (χ0) is 16.1. The van der Waals surface area contributed by atoms with Gasteiger partial charge in [-0.1, -0.05) is 12.1 Å². The van der Waals surface area contributed by atoms with Crippen LogP contribution in [0.2, 0.25) is 0 Å². The molecule has 0 radical (unpaired) electrons. The highest BCUT2D eigenvalue weighted by Gasteiger charge is 2.04. The van der Waals surface area contributed by atoms with E-state index in [1.165, 1.54) is 12.1 Å². The Hall–Kier alpha value is -2.41. The van der Waals surface area contributed by atoms with Gasteiger partial charge in [-0.2, -0.15) is 5.10 Å². The second kappa shape index (κ2) is 7.04. The molecule has 0 aromatic heterocycles. The molecule has 1 N–H and O–H groups in total. The Balaban J connectivity index is 2.07. The van der Waals surface area contributed by atoms with Crippen LogP contribution in [0.15, 0.2) is 53.6 Å². The van der Waals surface area contributed by atoms with Crippen LogP contribution < -0.4 is 10.3 Å². The Kier molecular flexibility index (Phi) is 5.11. The molecule has 0 bridgehead atoms. The van der Waals surface area contributed by atoms with Gasteiger partial charge in [-0.15, -0.1) is 0 Å². The summed E-state index contributed by atoms with van der Waals surface area (Å²) in [5.74, 6) is 0. The van der Waals surface area contributed by atoms with E-state index >= 15 is 0 Å². The molecular weight excluding hydrogens is 348 g/mol. The quantitative estimate of drug-likeness (QED) is 0.498. The molecule has 2 aromatic carbocycles. The number of rotatable bonds is 5. The molecule has 0 aliphatic rings. The summed E-state index contributed by atoms with van der Waals surface area (Å²) < 4.78 is 0.649. The predicted octanol–water partition coefficient (Wildman–Crippen LogP) is 3.83. The Morgan fingerprint density at radius 3 is 2.23 bits per heavy atom. The van der Waals surface area contributed by atoms with Crippen LogP contribution in [0, 0.1) is 10.1 Å². The maximum atomic E-state index is 10.6. The Morgan fingerprint density at radius 1 is 1.14 bits per heavy atom. The lowest BCUT2D eigenvalue weighted by Crippen LogP contribution is -2.08. The van der Waals surface area contributed by atoms with Crippen LogP contribution in [0.25, 0.3) is 0 Å². The van der Waals surface area contributed by atoms with Crippen molar-refractivity contribution in [3.63, 3.8) is 0 Å². The highest BCUT2D eigenvalue weighted by molar-refractivity contribution is 9.18. The van der Waals surface area contributed by atoms with Gasteiger partial charge in [0.05, 0.1) is 10.6 Å². The first-order valence-electron chi connectivity index (χ1n) is 6.49. The average molecular weight is 363 g/mol. The van der Waals surface area contributed by atoms with Gasteiger partial charge in [-0.3, -0.25) is 15.5 Å². The van der Waals surface area contributed by atoms with Gasteiger partial charge in [-0.05, 0) is 40.2 Å². The van der Waals surface area contributed by atoms with Crippen molar-refractivity contribution in [2.24, 2.45) is 5.10 Å². The van der Waals surface area contributed by atoms with E-state index < -0.39 is 4.92 Å². The fourth-order valence-corrected chi connectivity index (χ4v) is 2.09. The van der Waals surface area contributed by atoms with Gasteiger partial charge in [0.25, 0.3) is 5.69 Å². The number of nitrogens with zero attached hydrogens (tertiary/aromatic N) is 3. The lowest BCUT2D eigenvalue weighted by molar-refractivity contribution is -0.384. The summed E-state index contributed by atoms with van der Waals surface area (Å²) >= 11 is 3.41. The Bertz CT molecular complexity index is 682. The third-order valence-electron chi connectivity index (χ3n) is 2.98. The number of benzene rings is 2. The van der Waals surface area contributed by atoms with Gasteiger partial charge in [-0.25, -0.2) is 0 Å². The number of non-ortho nitro benzene ring substituents is 1. The van der Waals surface area contributed by atoms with Gasteiger partial charge in [0.2, 0.25) is 0 Å². The molecule has 6 nitrogen and oxygen atoms in total. The summed E-state index contributed by atoms with van der Waals surface area (Å²) in [6.07, 6.45) is 0. The van der Waals surface area contributed by atoms with Crippen LogP contribution >= 0.6 is 15.9 Å². The van der Waals surface area contributed by atoms with Crippen molar-refractivity contribution in [1.29, 1.82) is 0 Å². The van der Waals surface area contributed by atoms with Crippen LogP contribution in [-0.4, -0.2) is 23.6 Å². The van der Waals surface area contributed by atoms with E-state index in [1.54, 1.807) is 12.1 Å². The van der Waals surface area contributed by atoms with Crippen LogP contribution in [-0.2, 0) is 0 Å². The molecule has 0 fully saturated rings. The van der Waals surface area contributed by atoms with E-state index in [4.69, 9.17) is 0 Å². The zero-order valence-electron chi connectivity index (χ0n) is 12.2. The van der Waals surface area contributed by atoms with Crippen molar-refractivity contribution >= 4 is 37.6 Å². The predicted molar refractivity (Wildman–Crippen MR) is 93.0 cm³/mol. The van der Waals surface area contributed by atoms with E-state index in [9.17, 15) is 10.1 Å². The Labute approximate surface area is 136 Å². The highest BCUT2D eigenvalue weighted by Crippen LogP contribution is 2.17. The van der Waals surface area contributed by atoms with E-state index in [0.717, 1.165) is 11.3 Å². The first kappa shape index (κ1) is 16.0. The second-order valence-corrected chi connectivity index (χ2v) is 5.51. The molecule has 0 saturated heterocycles. The Morgan fingerprint density at radius 2 is 1.73 bits per heavy atom. The van der Waals surface area contributed by atoms with Gasteiger partial charge >= 0.3 is 0 Å². The lowest BCUT2D eigenvalue weighted by Gasteiger charge is -2.12. The molecule has 7 heteroatoms. The van der Waals surface area contributed by atoms with Crippen LogP contribution in [0.4, 0.5) is 17.1 Å². The second-order valence-electron chi connectivity index (χ2n) is 4.76. The summed E-state index contributed by atoms with van der Waals surface area (Å²) in [7, 11) is 3.96. The molecule has 0 aliphatic heterocycles. The molecule has 0 atom stereocenters. The van der Waals surface area contributed by atoms with Gasteiger partial charge in [0, 0.05) is 37.5 Å². The number of hydrogen-bond acceptors (Lipinski definition) is 5. The fraction of sp³-hybridized carbons (Fsp3) is 0.133. The van der Waals surface area contributed by atoms with Crippen molar-refractivity contribution < 1.29 is 4.92 Å². The minimum absolute atomic E-state index is 0.0490. The van der Waals surface area contributed by atoms with Crippen molar-refractivity contribution in [3.8, 4) is 0 Å². The van der Waals surface area contributed by atoms with Gasteiger partial charge in [0.1, 0.15) is 4.62 Å². The van der Waals surface area contributed by atoms with Crippen molar-refractivity contribution in [1.82, 2.24) is 0 Å². The minimum Gasteiger partial charge on any atom is -0.378 e. The first-order chi connectivity index (χ1) is 10.5. The molecule has 0 unspecified atom stereocenters. The normalized spacial score (nSPS) is 11.1. The number of nitro benzene ring substituents is 1. The summed E-state index contributed by atoms with van der Waals surface area (Å²) in [5, 5.41) is 14.8. The molecule has 22 heavy (non-hydrogen) atoms. The van der Waals surface area contributed by atoms with E-state index in [0.29, 0.717) is 10.3 Å². The topological polar surface area (TPSA) is 70.8 Å². The average Bonchev–Trinajstić information content (AvgIpc) is 2.53. The monoisotopic (exact) mass is 362 g/mol. The SMILES string of the molecule is CN(C)c1ccc(C(Br)=NNc2ccc([N+](=O)[O-])cc2)cc1. The number of hydrazone groups is 1. The fourth-order valence-electron chi connectivity index (χ4n) is 1.73. The molecule has 0 saturated carbocycles. The third-order valence-corrected chi connectivity index (χ3v) is 3.62. The maximum Gasteiger partial charge on any atom is 0.269 e. The largest absolute Gasteiger partial charge is 0.378 e. The number of nitrogens with one attached hydrogen (secondary N) is 1. The number of halogens is 1. The lowest BCUT2D eigenvalue weighted by atomic mass is 10.2. The summed E-state index contributed by atoms with van der Waals surface area (Å²) in [6.45, 7) is 0. The van der Waals surface area contributed by atoms with Crippen LogP contribution in [0.3, 0.4) is 0 Å². The van der Waals surface area contributed by atoms with Crippen LogP contribution in [0.5, 0.6) is 0 Å². The van der Waals surface area contributed by atoms with Crippen molar-refractivity contribution in [3.05, 3.63) is 64.2 Å². The summed E-state index contributed by atoms with van der Waals surface area (Å²) in [6, 6.07) is 14.0. The molecule has 0 heterocycles. The molecule has 2 aromatic rings. The van der Waals surface area contributed by atoms with E-state index in [2.05, 4.69) is 26.5 Å². The number of hydrogen-bond donors (Lipinski definition) is 1. The van der Waals surface area contributed by atoms with Crippen molar-refractivity contribution in [2.75, 3.05) is 24.4 Å². The first-order valence-corrected chi connectivity index (χ1v) is 7.28. The van der Waals surface area contributed by atoms with Crippen molar-refractivity contribution in [2.45, 2.75) is 0 Å². The number of anilines is 2. The van der Waals surface area contributed by atoms with E-state index in [1.807, 2.05) is 43.3 Å². The third kappa shape index (κ3) is 4.05. The molecule has 2 rings (SSSR count). The zero-order valence-corrected chi connectivity index (χ0v) is 13.7. The summed E-state index contributed by atoms with van der Waals surface area (Å²) in [4.78, 5) is 12.2. The molecule has 0 amide bonds. The molecule has 114 valence electrons. The number of nitro groups is 1. The van der Waals surface area contributed by atoms with Gasteiger partial charge < -0.3 is 4.90 Å². The molecular formula is C15H15BrN4O2. The standard InChI is InChI=1S/C15H15BrN4O2/c1-19(2)13-7-3-11(4-8-13)15(16)18-17-12-5-9-14(10-6-12)20(21)22/h3-10,17H,1-2H3. The minimum atomic E-state index is -0.435. The van der Waals surface area contributed by atoms with Crippen LogP contribution in [0.1, 0.15) is 5.56 Å². The molecule has 0 aliphatic carbocycles. The molecule has 0 spiro atoms. The van der Waals surface area contributed by atoms with E-state index in [-0.39, 0.29) is 5.69 Å². The highest BCUT2D eigenvalue weighted by atomic mass is 79.9. The van der Waals surface area contributed by atoms with Gasteiger partial charge in [0.15, 0.2) is 0 Å².